The van der Waals surface area contributed by atoms with Crippen molar-refractivity contribution in [2.24, 2.45) is 5.92 Å². The third-order valence-electron chi connectivity index (χ3n) is 7.41. The zero-order valence-corrected chi connectivity index (χ0v) is 23.2. The second-order valence-electron chi connectivity index (χ2n) is 10.2. The summed E-state index contributed by atoms with van der Waals surface area (Å²) in [4.78, 5) is 34.0. The zero-order chi connectivity index (χ0) is 28.6. The number of benzene rings is 2. The molecule has 1 aromatic heterocycles. The molecule has 212 valence electrons. The molecule has 8 nitrogen and oxygen atoms in total. The van der Waals surface area contributed by atoms with Gasteiger partial charge in [-0.3, -0.25) is 9.59 Å². The van der Waals surface area contributed by atoms with Crippen LogP contribution in [-0.4, -0.2) is 47.1 Å². The van der Waals surface area contributed by atoms with Gasteiger partial charge in [0.15, 0.2) is 0 Å². The summed E-state index contributed by atoms with van der Waals surface area (Å²) in [5.41, 5.74) is 8.09. The molecule has 1 saturated carbocycles. The van der Waals surface area contributed by atoms with Crippen molar-refractivity contribution in [3.8, 4) is 11.3 Å². The molecule has 2 aromatic carbocycles. The minimum atomic E-state index is -0.748. The molecule has 0 radical (unpaired) electrons. The summed E-state index contributed by atoms with van der Waals surface area (Å²) in [6.45, 7) is 0.0765. The lowest BCUT2D eigenvalue weighted by atomic mass is 9.78. The molecule has 4 N–H and O–H groups in total. The normalized spacial score (nSPS) is 17.8. The minimum Gasteiger partial charge on any atom is -0.394 e. The second kappa shape index (κ2) is 13.8. The number of amides is 1. The zero-order valence-electron chi connectivity index (χ0n) is 22.4. The van der Waals surface area contributed by atoms with E-state index >= 15 is 4.39 Å². The Labute approximate surface area is 238 Å². The summed E-state index contributed by atoms with van der Waals surface area (Å²) in [6, 6.07) is 10.2. The maximum Gasteiger partial charge on any atom is 0.254 e. The average molecular weight is 569 g/mol. The smallest absolute Gasteiger partial charge is 0.254 e. The van der Waals surface area contributed by atoms with Crippen molar-refractivity contribution in [1.82, 2.24) is 15.3 Å². The molecule has 0 saturated heterocycles. The molecule has 3 aromatic rings. The molecule has 1 aliphatic rings. The molecular weight excluding hydrogens is 535 g/mol. The van der Waals surface area contributed by atoms with Crippen molar-refractivity contribution in [3.05, 3.63) is 76.3 Å². The number of Topliss-reactive ketones (excluding diaryl/α,β-unsaturated/α-hetero) is 1. The van der Waals surface area contributed by atoms with Crippen LogP contribution in [0.1, 0.15) is 72.1 Å². The number of nitrogens with one attached hydrogen (secondary N) is 1. The molecule has 4 rings (SSSR count). The Morgan fingerprint density at radius 3 is 2.65 bits per heavy atom. The molecule has 1 atom stereocenters. The van der Waals surface area contributed by atoms with Gasteiger partial charge in [-0.25, -0.2) is 14.4 Å². The van der Waals surface area contributed by atoms with E-state index in [0.717, 1.165) is 31.4 Å². The van der Waals surface area contributed by atoms with Crippen LogP contribution in [0, 0.1) is 11.7 Å². The van der Waals surface area contributed by atoms with Gasteiger partial charge in [-0.1, -0.05) is 29.8 Å². The summed E-state index contributed by atoms with van der Waals surface area (Å²) in [5.74, 6) is -0.487. The largest absolute Gasteiger partial charge is 0.394 e. The number of hydrogen-bond acceptors (Lipinski definition) is 7. The van der Waals surface area contributed by atoms with Crippen LogP contribution in [0.5, 0.6) is 0 Å². The van der Waals surface area contributed by atoms with Crippen molar-refractivity contribution in [2.75, 3.05) is 26.1 Å². The molecule has 1 fully saturated rings. The number of halogens is 2. The van der Waals surface area contributed by atoms with E-state index in [-0.39, 0.29) is 29.7 Å². The van der Waals surface area contributed by atoms with Crippen LogP contribution in [0.4, 0.5) is 10.2 Å². The summed E-state index contributed by atoms with van der Waals surface area (Å²) in [5, 5.41) is 12.9. The molecular formula is C30H34ClFN4O4. The second-order valence-corrected chi connectivity index (χ2v) is 10.6. The van der Waals surface area contributed by atoms with Gasteiger partial charge in [-0.05, 0) is 61.4 Å². The maximum atomic E-state index is 15.2. The standard InChI is InChI=1S/C30H34ClFN4O4/c1-40-12-11-23(38)13-18-5-7-19(8-6-18)26-16-34-29(33)28(35-26)21-9-10-24(25(32)15-21)30(39)36-27(17-37)20-3-2-4-22(31)14-20/h2-4,9-10,14-16,18-19,27,37H,5-8,11-13,17H2,1H3,(H2,33,34)(H,36,39)/t18-,19-,27-/m1/s1. The van der Waals surface area contributed by atoms with Crippen LogP contribution in [0.25, 0.3) is 11.3 Å². The fourth-order valence-electron chi connectivity index (χ4n) is 5.16. The van der Waals surface area contributed by atoms with Crippen molar-refractivity contribution < 1.29 is 23.8 Å². The summed E-state index contributed by atoms with van der Waals surface area (Å²) < 4.78 is 20.1. The van der Waals surface area contributed by atoms with Crippen LogP contribution in [-0.2, 0) is 9.53 Å². The number of aromatic nitrogens is 2. The van der Waals surface area contributed by atoms with Crippen molar-refractivity contribution in [3.63, 3.8) is 0 Å². The molecule has 1 amide bonds. The van der Waals surface area contributed by atoms with E-state index in [1.54, 1.807) is 43.6 Å². The average Bonchev–Trinajstić information content (AvgIpc) is 2.95. The number of methoxy groups -OCH3 is 1. The molecule has 1 aliphatic carbocycles. The number of ether oxygens (including phenoxy) is 1. The molecule has 10 heteroatoms. The number of aliphatic hydroxyl groups is 1. The van der Waals surface area contributed by atoms with Gasteiger partial charge in [0.05, 0.1) is 36.7 Å². The first-order valence-electron chi connectivity index (χ1n) is 13.4. The van der Waals surface area contributed by atoms with Gasteiger partial charge in [0.25, 0.3) is 5.91 Å². The van der Waals surface area contributed by atoms with E-state index in [1.165, 1.54) is 12.1 Å². The molecule has 0 unspecified atom stereocenters. The van der Waals surface area contributed by atoms with E-state index in [9.17, 15) is 14.7 Å². The number of nitrogen functional groups attached to an aromatic ring is 1. The topological polar surface area (TPSA) is 127 Å². The van der Waals surface area contributed by atoms with Gasteiger partial charge in [0, 0.05) is 36.5 Å². The van der Waals surface area contributed by atoms with Crippen LogP contribution in [0.15, 0.2) is 48.7 Å². The lowest BCUT2D eigenvalue weighted by Gasteiger charge is -2.28. The number of carbonyl (C=O) groups excluding carboxylic acids is 2. The van der Waals surface area contributed by atoms with Gasteiger partial charge in [-0.2, -0.15) is 0 Å². The number of hydrogen-bond donors (Lipinski definition) is 3. The van der Waals surface area contributed by atoms with Crippen LogP contribution < -0.4 is 11.1 Å². The number of anilines is 1. The van der Waals surface area contributed by atoms with Gasteiger partial charge < -0.3 is 20.9 Å². The van der Waals surface area contributed by atoms with E-state index in [4.69, 9.17) is 27.1 Å². The molecule has 0 bridgehead atoms. The minimum absolute atomic E-state index is 0.166. The Balaban J connectivity index is 1.44. The fraction of sp³-hybridized carbons (Fsp3) is 0.400. The van der Waals surface area contributed by atoms with Crippen molar-refractivity contribution >= 4 is 29.1 Å². The highest BCUT2D eigenvalue weighted by molar-refractivity contribution is 6.30. The number of rotatable bonds is 11. The Morgan fingerprint density at radius 2 is 1.98 bits per heavy atom. The number of nitrogens with zero attached hydrogens (tertiary/aromatic N) is 2. The quantitative estimate of drug-likeness (QED) is 0.288. The molecule has 0 aliphatic heterocycles. The number of carbonyl (C=O) groups is 2. The van der Waals surface area contributed by atoms with Crippen LogP contribution in [0.3, 0.4) is 0 Å². The Morgan fingerprint density at radius 1 is 1.20 bits per heavy atom. The lowest BCUT2D eigenvalue weighted by Crippen LogP contribution is -2.31. The third-order valence-corrected chi connectivity index (χ3v) is 7.65. The monoisotopic (exact) mass is 568 g/mol. The number of ketones is 1. The predicted molar refractivity (Wildman–Crippen MR) is 151 cm³/mol. The Kier molecular flexibility index (Phi) is 10.2. The number of nitrogens with two attached hydrogens (primary N) is 1. The number of aliphatic hydroxyl groups excluding tert-OH is 1. The highest BCUT2D eigenvalue weighted by Gasteiger charge is 2.26. The first-order chi connectivity index (χ1) is 19.3. The van der Waals surface area contributed by atoms with Gasteiger partial charge in [-0.15, -0.1) is 0 Å². The first kappa shape index (κ1) is 29.6. The van der Waals surface area contributed by atoms with Crippen molar-refractivity contribution in [1.29, 1.82) is 0 Å². The van der Waals surface area contributed by atoms with Crippen molar-refractivity contribution in [2.45, 2.75) is 50.5 Å². The van der Waals surface area contributed by atoms with Crippen LogP contribution in [0.2, 0.25) is 5.02 Å². The first-order valence-corrected chi connectivity index (χ1v) is 13.8. The third kappa shape index (κ3) is 7.41. The van der Waals surface area contributed by atoms with E-state index in [1.807, 2.05) is 0 Å². The predicted octanol–water partition coefficient (Wildman–Crippen LogP) is 5.25. The van der Waals surface area contributed by atoms with Gasteiger partial charge in [0.2, 0.25) is 0 Å². The van der Waals surface area contributed by atoms with Crippen LogP contribution >= 0.6 is 11.6 Å². The van der Waals surface area contributed by atoms with E-state index in [0.29, 0.717) is 47.2 Å². The summed E-state index contributed by atoms with van der Waals surface area (Å²) in [7, 11) is 1.59. The summed E-state index contributed by atoms with van der Waals surface area (Å²) >= 11 is 6.02. The van der Waals surface area contributed by atoms with Gasteiger partial charge in [0.1, 0.15) is 23.1 Å². The Hall–Kier alpha value is -3.40. The molecule has 40 heavy (non-hydrogen) atoms. The molecule has 0 spiro atoms. The Bertz CT molecular complexity index is 1350. The highest BCUT2D eigenvalue weighted by atomic mass is 35.5. The highest BCUT2D eigenvalue weighted by Crippen LogP contribution is 2.37. The lowest BCUT2D eigenvalue weighted by molar-refractivity contribution is -0.121. The SMILES string of the molecule is COCCC(=O)C[C@H]1CC[C@H](c2cnc(N)c(-c3ccc(C(=O)N[C@H](CO)c4cccc(Cl)c4)c(F)c3)n2)CC1. The van der Waals surface area contributed by atoms with E-state index < -0.39 is 17.8 Å². The fourth-order valence-corrected chi connectivity index (χ4v) is 5.36. The molecule has 1 heterocycles. The maximum absolute atomic E-state index is 15.2. The van der Waals surface area contributed by atoms with E-state index in [2.05, 4.69) is 10.3 Å². The summed E-state index contributed by atoms with van der Waals surface area (Å²) in [6.07, 6.45) is 6.30. The van der Waals surface area contributed by atoms with Gasteiger partial charge >= 0.3 is 0 Å².